The van der Waals surface area contributed by atoms with E-state index in [1.807, 2.05) is 26.0 Å². The molecule has 4 heteroatoms. The van der Waals surface area contributed by atoms with Gasteiger partial charge in [0.1, 0.15) is 0 Å². The Hall–Kier alpha value is -1.39. The maximum Gasteiger partial charge on any atom is 0.328 e. The molecule has 0 atom stereocenters. The van der Waals surface area contributed by atoms with Gasteiger partial charge in [-0.15, -0.1) is 0 Å². The van der Waals surface area contributed by atoms with Crippen LogP contribution in [0.15, 0.2) is 36.4 Å². The fourth-order valence-corrected chi connectivity index (χ4v) is 2.88. The zero-order valence-corrected chi connectivity index (χ0v) is 16.4. The van der Waals surface area contributed by atoms with E-state index in [1.54, 1.807) is 6.08 Å². The molecule has 1 N–H and O–H groups in total. The zero-order chi connectivity index (χ0) is 17.9. The van der Waals surface area contributed by atoms with Crippen molar-refractivity contribution >= 4 is 14.3 Å². The highest BCUT2D eigenvalue weighted by atomic mass is 28.4. The van der Waals surface area contributed by atoms with Crippen LogP contribution in [0.5, 0.6) is 0 Å². The van der Waals surface area contributed by atoms with Crippen molar-refractivity contribution in [1.82, 2.24) is 0 Å². The van der Waals surface area contributed by atoms with E-state index in [9.17, 15) is 4.79 Å². The van der Waals surface area contributed by atoms with Crippen LogP contribution in [-0.4, -0.2) is 19.4 Å². The molecule has 0 aliphatic carbocycles. The molecule has 3 nitrogen and oxygen atoms in total. The van der Waals surface area contributed by atoms with Gasteiger partial charge in [-0.25, -0.2) is 4.79 Å². The molecule has 0 aliphatic heterocycles. The molecule has 0 radical (unpaired) electrons. The van der Waals surface area contributed by atoms with E-state index in [0.717, 1.165) is 11.1 Å². The summed E-state index contributed by atoms with van der Waals surface area (Å²) in [4.78, 5) is 10.7. The molecule has 0 aromatic heterocycles. The summed E-state index contributed by atoms with van der Waals surface area (Å²) in [6.07, 6.45) is 2.93. The van der Waals surface area contributed by atoms with E-state index in [1.165, 1.54) is 6.08 Å². The van der Waals surface area contributed by atoms with Crippen LogP contribution in [0.2, 0.25) is 18.1 Å². The molecule has 23 heavy (non-hydrogen) atoms. The second-order valence-electron chi connectivity index (χ2n) is 8.14. The Kier molecular flexibility index (Phi) is 5.99. The molecule has 0 unspecified atom stereocenters. The number of carboxylic acids is 1. The van der Waals surface area contributed by atoms with Crippen molar-refractivity contribution in [2.75, 3.05) is 0 Å². The van der Waals surface area contributed by atoms with Crippen molar-refractivity contribution < 1.29 is 14.3 Å². The number of rotatable bonds is 6. The summed E-state index contributed by atoms with van der Waals surface area (Å²) in [7, 11) is -1.77. The molecule has 0 fully saturated rings. The van der Waals surface area contributed by atoms with Gasteiger partial charge in [0, 0.05) is 11.5 Å². The minimum atomic E-state index is -1.77. The van der Waals surface area contributed by atoms with Crippen molar-refractivity contribution in [3.8, 4) is 0 Å². The van der Waals surface area contributed by atoms with Crippen molar-refractivity contribution in [2.45, 2.75) is 64.8 Å². The summed E-state index contributed by atoms with van der Waals surface area (Å²) in [5.74, 6) is -0.921. The van der Waals surface area contributed by atoms with Gasteiger partial charge in [-0.2, -0.15) is 0 Å². The van der Waals surface area contributed by atoms with Crippen LogP contribution >= 0.6 is 0 Å². The fraction of sp³-hybridized carbons (Fsp3) is 0.526. The van der Waals surface area contributed by atoms with Crippen molar-refractivity contribution in [2.24, 2.45) is 0 Å². The largest absolute Gasteiger partial charge is 0.478 e. The maximum absolute atomic E-state index is 10.7. The third-order valence-electron chi connectivity index (χ3n) is 4.72. The van der Waals surface area contributed by atoms with E-state index in [2.05, 4.69) is 46.0 Å². The van der Waals surface area contributed by atoms with Crippen LogP contribution in [-0.2, 0) is 21.2 Å². The molecular formula is C19H30O3Si. The lowest BCUT2D eigenvalue weighted by atomic mass is 9.83. The minimum Gasteiger partial charge on any atom is -0.478 e. The lowest BCUT2D eigenvalue weighted by molar-refractivity contribution is -0.131. The van der Waals surface area contributed by atoms with E-state index in [4.69, 9.17) is 9.53 Å². The first-order valence-electron chi connectivity index (χ1n) is 8.01. The molecule has 128 valence electrons. The lowest BCUT2D eigenvalue weighted by Crippen LogP contribution is -2.40. The zero-order valence-electron chi connectivity index (χ0n) is 15.4. The van der Waals surface area contributed by atoms with Crippen LogP contribution in [0.1, 0.15) is 45.7 Å². The smallest absolute Gasteiger partial charge is 0.328 e. The molecule has 1 aromatic carbocycles. The van der Waals surface area contributed by atoms with Crippen LogP contribution in [0, 0.1) is 0 Å². The van der Waals surface area contributed by atoms with E-state index >= 15 is 0 Å². The topological polar surface area (TPSA) is 46.5 Å². The summed E-state index contributed by atoms with van der Waals surface area (Å²) in [5, 5.41) is 9.01. The predicted molar refractivity (Wildman–Crippen MR) is 98.2 cm³/mol. The van der Waals surface area contributed by atoms with Crippen molar-refractivity contribution in [3.63, 3.8) is 0 Å². The number of allylic oxidation sites excluding steroid dienone is 1. The molecule has 0 heterocycles. The quantitative estimate of drug-likeness (QED) is 0.579. The second kappa shape index (κ2) is 7.01. The number of benzene rings is 1. The summed E-state index contributed by atoms with van der Waals surface area (Å²) < 4.78 is 6.27. The van der Waals surface area contributed by atoms with Gasteiger partial charge in [0.15, 0.2) is 8.32 Å². The molecule has 0 bridgehead atoms. The van der Waals surface area contributed by atoms with E-state index in [0.29, 0.717) is 6.61 Å². The van der Waals surface area contributed by atoms with E-state index in [-0.39, 0.29) is 10.5 Å². The highest BCUT2D eigenvalue weighted by Crippen LogP contribution is 2.37. The van der Waals surface area contributed by atoms with Crippen LogP contribution in [0.25, 0.3) is 0 Å². The first-order valence-corrected chi connectivity index (χ1v) is 10.9. The molecule has 0 saturated carbocycles. The van der Waals surface area contributed by atoms with Gasteiger partial charge in [0.2, 0.25) is 0 Å². The normalized spacial score (nSPS) is 13.5. The first-order chi connectivity index (χ1) is 10.3. The molecule has 0 amide bonds. The average molecular weight is 335 g/mol. The molecular weight excluding hydrogens is 304 g/mol. The van der Waals surface area contributed by atoms with Gasteiger partial charge in [-0.05, 0) is 29.3 Å². The monoisotopic (exact) mass is 334 g/mol. The van der Waals surface area contributed by atoms with Crippen LogP contribution < -0.4 is 0 Å². The number of carbonyl (C=O) groups is 1. The third-order valence-corrected chi connectivity index (χ3v) is 9.20. The first kappa shape index (κ1) is 19.7. The lowest BCUT2D eigenvalue weighted by Gasteiger charge is -2.36. The molecule has 1 rings (SSSR count). The summed E-state index contributed by atoms with van der Waals surface area (Å²) in [6, 6.07) is 8.21. The van der Waals surface area contributed by atoms with Gasteiger partial charge in [-0.1, -0.05) is 65.0 Å². The van der Waals surface area contributed by atoms with Crippen molar-refractivity contribution in [1.29, 1.82) is 0 Å². The van der Waals surface area contributed by atoms with Gasteiger partial charge in [0.05, 0.1) is 6.61 Å². The second-order valence-corrected chi connectivity index (χ2v) is 13.0. The summed E-state index contributed by atoms with van der Waals surface area (Å²) in [5.41, 5.74) is 1.89. The fourth-order valence-electron chi connectivity index (χ4n) is 1.92. The average Bonchev–Trinajstić information content (AvgIpc) is 2.42. The Balaban J connectivity index is 2.92. The molecule has 0 spiro atoms. The Labute approximate surface area is 141 Å². The number of hydrogen-bond acceptors (Lipinski definition) is 2. The number of hydrogen-bond donors (Lipinski definition) is 1. The minimum absolute atomic E-state index is 0.189. The Bertz CT molecular complexity index is 581. The van der Waals surface area contributed by atoms with Gasteiger partial charge < -0.3 is 9.53 Å². The Morgan fingerprint density at radius 2 is 1.83 bits per heavy atom. The number of carboxylic acid groups (broad SMARTS) is 1. The molecule has 0 saturated heterocycles. The molecule has 0 aliphatic rings. The van der Waals surface area contributed by atoms with Crippen LogP contribution in [0.4, 0.5) is 0 Å². The van der Waals surface area contributed by atoms with Gasteiger partial charge in [0.25, 0.3) is 0 Å². The molecule has 1 aromatic rings. The third kappa shape index (κ3) is 5.63. The number of aliphatic carboxylic acids is 1. The summed E-state index contributed by atoms with van der Waals surface area (Å²) in [6.45, 7) is 15.8. The van der Waals surface area contributed by atoms with Crippen LogP contribution in [0.3, 0.4) is 0 Å². The Morgan fingerprint density at radius 3 is 2.35 bits per heavy atom. The highest BCUT2D eigenvalue weighted by molar-refractivity contribution is 6.74. The van der Waals surface area contributed by atoms with Crippen molar-refractivity contribution in [3.05, 3.63) is 47.5 Å². The predicted octanol–water partition coefficient (Wildman–Crippen LogP) is 5.13. The van der Waals surface area contributed by atoms with E-state index < -0.39 is 14.3 Å². The standard InChI is InChI=1S/C19H30O3Si/c1-18(2,3)23(6,7)22-14-15-9-8-10-16(13-15)19(4,5)12-11-17(20)21/h8-13H,14H2,1-7H3,(H,20,21)/b12-11+. The van der Waals surface area contributed by atoms with Gasteiger partial charge >= 0.3 is 5.97 Å². The Morgan fingerprint density at radius 1 is 1.22 bits per heavy atom. The maximum atomic E-state index is 10.7. The SMILES string of the molecule is CC(C)(/C=C/C(=O)O)c1cccc(CO[Si](C)(C)C(C)(C)C)c1. The van der Waals surface area contributed by atoms with Gasteiger partial charge in [-0.3, -0.25) is 0 Å². The summed E-state index contributed by atoms with van der Waals surface area (Å²) >= 11 is 0. The highest BCUT2D eigenvalue weighted by Gasteiger charge is 2.37.